The zero-order chi connectivity index (χ0) is 10.0. The Morgan fingerprint density at radius 1 is 1.25 bits per heavy atom. The van der Waals surface area contributed by atoms with E-state index >= 15 is 0 Å². The van der Waals surface area contributed by atoms with Crippen molar-refractivity contribution in [3.63, 3.8) is 0 Å². The highest BCUT2D eigenvalue weighted by Crippen LogP contribution is 1.92. The summed E-state index contributed by atoms with van der Waals surface area (Å²) in [6.45, 7) is 1.79. The number of hydrogen-bond donors (Lipinski definition) is 3. The Morgan fingerprint density at radius 2 is 1.50 bits per heavy atom. The third kappa shape index (κ3) is 12.4. The molecule has 0 aromatic rings. The van der Waals surface area contributed by atoms with Crippen LogP contribution in [0.15, 0.2) is 0 Å². The Bertz CT molecular complexity index is 126. The van der Waals surface area contributed by atoms with Gasteiger partial charge in [0.2, 0.25) is 0 Å². The van der Waals surface area contributed by atoms with E-state index in [4.69, 9.17) is 15.5 Å². The number of hydrogen-bond acceptors (Lipinski definition) is 4. The van der Waals surface area contributed by atoms with Crippen molar-refractivity contribution in [1.82, 2.24) is 0 Å². The summed E-state index contributed by atoms with van der Waals surface area (Å²) in [6, 6.07) is 0. The van der Waals surface area contributed by atoms with Gasteiger partial charge in [-0.15, -0.1) is 0 Å². The zero-order valence-electron chi connectivity index (χ0n) is 7.56. The largest absolute Gasteiger partial charge is 0.391 e. The molecule has 0 saturated heterocycles. The highest BCUT2D eigenvalue weighted by molar-refractivity contribution is 7.85. The molecular weight excluding hydrogens is 176 g/mol. The van der Waals surface area contributed by atoms with Crippen LogP contribution in [-0.2, 0) is 0 Å². The van der Waals surface area contributed by atoms with Crippen LogP contribution in [0.5, 0.6) is 0 Å². The Balaban J connectivity index is 0. The van der Waals surface area contributed by atoms with E-state index in [1.54, 1.807) is 0 Å². The van der Waals surface area contributed by atoms with E-state index in [-0.39, 0.29) is 13.2 Å². The quantitative estimate of drug-likeness (QED) is 0.319. The third-order valence-corrected chi connectivity index (χ3v) is 1.41. The monoisotopic (exact) mass is 193 g/mol. The second kappa shape index (κ2) is 8.81. The lowest BCUT2D eigenvalue weighted by molar-refractivity contribution is -0.890. The number of quaternary nitrogens is 1. The van der Waals surface area contributed by atoms with Crippen LogP contribution in [0.2, 0.25) is 0 Å². The number of nitrogens with zero attached hydrogens (tertiary/aromatic N) is 2. The molecule has 0 amide bonds. The average Bonchev–Trinajstić information content (AvgIpc) is 1.88. The number of aliphatic hydroxyl groups is 2. The Morgan fingerprint density at radius 3 is 1.67 bits per heavy atom. The highest BCUT2D eigenvalue weighted by Gasteiger charge is 2.11. The van der Waals surface area contributed by atoms with Crippen LogP contribution in [0, 0.1) is 10.7 Å². The Labute approximate surface area is 79.0 Å². The maximum absolute atomic E-state index is 8.53. The summed E-state index contributed by atoms with van der Waals surface area (Å²) >= 11 is 3.09. The second-order valence-corrected chi connectivity index (χ2v) is 3.13. The second-order valence-electron chi connectivity index (χ2n) is 2.93. The van der Waals surface area contributed by atoms with E-state index in [2.05, 4.69) is 12.6 Å². The molecule has 0 fully saturated rings. The molecule has 5 heteroatoms. The van der Waals surface area contributed by atoms with Crippen molar-refractivity contribution in [2.24, 2.45) is 0 Å². The minimum Gasteiger partial charge on any atom is -0.391 e. The first-order valence-corrected chi connectivity index (χ1v) is 4.05. The van der Waals surface area contributed by atoms with Crippen molar-refractivity contribution in [3.8, 4) is 5.40 Å². The number of likely N-dealkylation sites (N-methyl/N-ethyl adjacent to an activating group) is 1. The van der Waals surface area contributed by atoms with Crippen molar-refractivity contribution >= 4 is 12.6 Å². The molecular formula is C7H17N2O2S+. The van der Waals surface area contributed by atoms with E-state index in [0.29, 0.717) is 17.6 Å². The molecule has 72 valence electrons. The van der Waals surface area contributed by atoms with Crippen molar-refractivity contribution in [2.45, 2.75) is 0 Å². The molecule has 2 N–H and O–H groups in total. The average molecular weight is 193 g/mol. The molecule has 0 aromatic heterocycles. The lowest BCUT2D eigenvalue weighted by Gasteiger charge is -2.27. The van der Waals surface area contributed by atoms with Gasteiger partial charge in [-0.2, -0.15) is 5.26 Å². The van der Waals surface area contributed by atoms with E-state index in [1.165, 1.54) is 5.40 Å². The van der Waals surface area contributed by atoms with Gasteiger partial charge < -0.3 is 14.7 Å². The van der Waals surface area contributed by atoms with Gasteiger partial charge in [0.1, 0.15) is 18.5 Å². The summed E-state index contributed by atoms with van der Waals surface area (Å²) in [5.41, 5.74) is 0. The maximum Gasteiger partial charge on any atom is 0.130 e. The molecule has 0 atom stereocenters. The van der Waals surface area contributed by atoms with Crippen LogP contribution in [0.4, 0.5) is 0 Å². The molecule has 0 heterocycles. The Kier molecular flexibility index (Phi) is 10.5. The lowest BCUT2D eigenvalue weighted by atomic mass is 10.4. The molecule has 12 heavy (non-hydrogen) atoms. The predicted molar refractivity (Wildman–Crippen MR) is 50.6 cm³/mol. The first-order valence-electron chi connectivity index (χ1n) is 3.61. The van der Waals surface area contributed by atoms with Crippen molar-refractivity contribution in [1.29, 1.82) is 5.26 Å². The number of aliphatic hydroxyl groups excluding tert-OH is 2. The Hall–Kier alpha value is -0.280. The molecule has 0 spiro atoms. The fourth-order valence-corrected chi connectivity index (χ4v) is 0.653. The van der Waals surface area contributed by atoms with Crippen LogP contribution in [0.25, 0.3) is 0 Å². The molecule has 0 saturated carbocycles. The summed E-state index contributed by atoms with van der Waals surface area (Å²) in [7, 11) is 3.96. The van der Waals surface area contributed by atoms with Crippen molar-refractivity contribution in [3.05, 3.63) is 0 Å². The summed E-state index contributed by atoms with van der Waals surface area (Å²) in [4.78, 5) is 0. The summed E-state index contributed by atoms with van der Waals surface area (Å²) in [5.74, 6) is 0. The number of thiocyanates is 1. The fraction of sp³-hybridized carbons (Fsp3) is 0.857. The molecule has 0 aliphatic heterocycles. The van der Waals surface area contributed by atoms with Gasteiger partial charge >= 0.3 is 0 Å². The molecule has 0 aliphatic carbocycles. The van der Waals surface area contributed by atoms with E-state index in [1.807, 2.05) is 14.1 Å². The van der Waals surface area contributed by atoms with Crippen molar-refractivity contribution in [2.75, 3.05) is 40.4 Å². The molecule has 0 rings (SSSR count). The SMILES string of the molecule is C[N+](C)(CCO)CCO.N#CS. The zero-order valence-corrected chi connectivity index (χ0v) is 8.46. The van der Waals surface area contributed by atoms with E-state index in [0.717, 1.165) is 0 Å². The molecule has 0 unspecified atom stereocenters. The van der Waals surface area contributed by atoms with E-state index < -0.39 is 0 Å². The number of thiol groups is 1. The van der Waals surface area contributed by atoms with Gasteiger partial charge in [-0.3, -0.25) is 0 Å². The highest BCUT2D eigenvalue weighted by atomic mass is 32.1. The number of nitriles is 1. The minimum absolute atomic E-state index is 0.188. The van der Waals surface area contributed by atoms with Gasteiger partial charge in [0, 0.05) is 0 Å². The number of rotatable bonds is 4. The molecule has 0 aliphatic rings. The molecule has 0 bridgehead atoms. The topological polar surface area (TPSA) is 64.2 Å². The van der Waals surface area contributed by atoms with Gasteiger partial charge in [0.05, 0.1) is 27.3 Å². The van der Waals surface area contributed by atoms with Crippen LogP contribution < -0.4 is 0 Å². The first kappa shape index (κ1) is 14.3. The van der Waals surface area contributed by atoms with Crippen LogP contribution in [0.3, 0.4) is 0 Å². The first-order chi connectivity index (χ1) is 5.54. The van der Waals surface area contributed by atoms with Gasteiger partial charge in [0.25, 0.3) is 0 Å². The smallest absolute Gasteiger partial charge is 0.130 e. The summed E-state index contributed by atoms with van der Waals surface area (Å²) in [6.07, 6.45) is 0. The lowest BCUT2D eigenvalue weighted by Crippen LogP contribution is -2.43. The normalized spacial score (nSPS) is 9.67. The van der Waals surface area contributed by atoms with Crippen molar-refractivity contribution < 1.29 is 14.7 Å². The van der Waals surface area contributed by atoms with E-state index in [9.17, 15) is 0 Å². The van der Waals surface area contributed by atoms with Gasteiger partial charge in [-0.25, -0.2) is 0 Å². The van der Waals surface area contributed by atoms with Crippen LogP contribution in [0.1, 0.15) is 0 Å². The molecule has 0 aromatic carbocycles. The fourth-order valence-electron chi connectivity index (χ4n) is 0.653. The standard InChI is InChI=1S/C6H16NO2.CHNS/c1-7(2,3-5-8)4-6-9;2-1-3/h8-9H,3-6H2,1-2H3;3H/q+1;. The van der Waals surface area contributed by atoms with Crippen LogP contribution >= 0.6 is 12.6 Å². The maximum atomic E-state index is 8.53. The minimum atomic E-state index is 0.188. The third-order valence-electron chi connectivity index (χ3n) is 1.41. The van der Waals surface area contributed by atoms with Gasteiger partial charge in [-0.05, 0) is 0 Å². The summed E-state index contributed by atoms with van der Waals surface area (Å²) < 4.78 is 0.688. The van der Waals surface area contributed by atoms with Gasteiger partial charge in [-0.1, -0.05) is 12.6 Å². The van der Waals surface area contributed by atoms with Crippen LogP contribution in [-0.4, -0.2) is 55.1 Å². The molecule has 4 nitrogen and oxygen atoms in total. The van der Waals surface area contributed by atoms with Gasteiger partial charge in [0.15, 0.2) is 0 Å². The predicted octanol–water partition coefficient (Wildman–Crippen LogP) is -0.555. The summed E-state index contributed by atoms with van der Waals surface area (Å²) in [5, 5.41) is 25.7. The molecule has 0 radical (unpaired) electrons.